The molecule has 0 aliphatic rings. The Bertz CT molecular complexity index is 582. The molecular formula is C13H19NO5S. The van der Waals surface area contributed by atoms with Gasteiger partial charge in [0.1, 0.15) is 0 Å². The van der Waals surface area contributed by atoms with Gasteiger partial charge in [0.25, 0.3) is 0 Å². The number of aryl methyl sites for hydroxylation is 1. The van der Waals surface area contributed by atoms with Crippen LogP contribution in [0.3, 0.4) is 0 Å². The number of nitrogens with zero attached hydrogens (tertiary/aromatic N) is 1. The van der Waals surface area contributed by atoms with Gasteiger partial charge in [0.05, 0.1) is 10.5 Å². The SMILES string of the molecule is CCN(CCCO)S(=O)(=O)c1ccc(C)c(C(=O)O)c1. The van der Waals surface area contributed by atoms with Gasteiger partial charge in [0.2, 0.25) is 10.0 Å². The maximum Gasteiger partial charge on any atom is 0.335 e. The number of aliphatic hydroxyl groups is 1. The molecule has 2 N–H and O–H groups in total. The maximum atomic E-state index is 12.4. The van der Waals surface area contributed by atoms with Crippen LogP contribution in [0.25, 0.3) is 0 Å². The molecule has 0 heterocycles. The first-order chi connectivity index (χ1) is 9.34. The maximum absolute atomic E-state index is 12.4. The minimum absolute atomic E-state index is 0.0238. The molecular weight excluding hydrogens is 282 g/mol. The summed E-state index contributed by atoms with van der Waals surface area (Å²) in [5.41, 5.74) is 0.485. The lowest BCUT2D eigenvalue weighted by molar-refractivity contribution is 0.0696. The normalized spacial score (nSPS) is 11.8. The van der Waals surface area contributed by atoms with Gasteiger partial charge < -0.3 is 10.2 Å². The van der Waals surface area contributed by atoms with E-state index in [1.807, 2.05) is 0 Å². The fourth-order valence-corrected chi connectivity index (χ4v) is 3.35. The van der Waals surface area contributed by atoms with E-state index in [9.17, 15) is 13.2 Å². The zero-order valence-electron chi connectivity index (χ0n) is 11.5. The first-order valence-electron chi connectivity index (χ1n) is 6.29. The first-order valence-corrected chi connectivity index (χ1v) is 7.73. The molecule has 20 heavy (non-hydrogen) atoms. The molecule has 0 bridgehead atoms. The summed E-state index contributed by atoms with van der Waals surface area (Å²) in [7, 11) is -3.74. The summed E-state index contributed by atoms with van der Waals surface area (Å²) in [6, 6.07) is 4.06. The molecule has 0 spiro atoms. The van der Waals surface area contributed by atoms with Crippen LogP contribution in [0.15, 0.2) is 23.1 Å². The van der Waals surface area contributed by atoms with Gasteiger partial charge >= 0.3 is 5.97 Å². The van der Waals surface area contributed by atoms with Crippen LogP contribution in [0.2, 0.25) is 0 Å². The zero-order chi connectivity index (χ0) is 15.3. The Morgan fingerprint density at radius 1 is 1.35 bits per heavy atom. The van der Waals surface area contributed by atoms with Crippen molar-refractivity contribution in [3.05, 3.63) is 29.3 Å². The van der Waals surface area contributed by atoms with Crippen molar-refractivity contribution in [2.45, 2.75) is 25.2 Å². The number of hydrogen-bond acceptors (Lipinski definition) is 4. The van der Waals surface area contributed by atoms with Crippen molar-refractivity contribution < 1.29 is 23.4 Å². The highest BCUT2D eigenvalue weighted by Gasteiger charge is 2.24. The summed E-state index contributed by atoms with van der Waals surface area (Å²) >= 11 is 0. The first kappa shape index (κ1) is 16.6. The van der Waals surface area contributed by atoms with E-state index >= 15 is 0 Å². The Labute approximate surface area is 118 Å². The second-order valence-corrected chi connectivity index (χ2v) is 6.29. The highest BCUT2D eigenvalue weighted by Crippen LogP contribution is 2.19. The monoisotopic (exact) mass is 301 g/mol. The van der Waals surface area contributed by atoms with Gasteiger partial charge in [-0.2, -0.15) is 4.31 Å². The molecule has 0 aliphatic heterocycles. The second kappa shape index (κ2) is 6.83. The van der Waals surface area contributed by atoms with E-state index in [1.165, 1.54) is 22.5 Å². The van der Waals surface area contributed by atoms with Gasteiger partial charge in [0.15, 0.2) is 0 Å². The molecule has 112 valence electrons. The molecule has 0 aliphatic carbocycles. The largest absolute Gasteiger partial charge is 0.478 e. The summed E-state index contributed by atoms with van der Waals surface area (Å²) in [5, 5.41) is 17.9. The van der Waals surface area contributed by atoms with Crippen molar-refractivity contribution in [3.8, 4) is 0 Å². The smallest absolute Gasteiger partial charge is 0.335 e. The third kappa shape index (κ3) is 3.56. The minimum atomic E-state index is -3.74. The number of aromatic carboxylic acids is 1. The molecule has 0 amide bonds. The number of rotatable bonds is 7. The third-order valence-electron chi connectivity index (χ3n) is 3.00. The van der Waals surface area contributed by atoms with E-state index in [1.54, 1.807) is 13.8 Å². The quantitative estimate of drug-likeness (QED) is 0.786. The molecule has 0 saturated heterocycles. The molecule has 7 heteroatoms. The Kier molecular flexibility index (Phi) is 5.67. The number of benzene rings is 1. The summed E-state index contributed by atoms with van der Waals surface area (Å²) in [6.07, 6.45) is 0.338. The second-order valence-electron chi connectivity index (χ2n) is 4.36. The molecule has 0 fully saturated rings. The van der Waals surface area contributed by atoms with Crippen molar-refractivity contribution in [2.24, 2.45) is 0 Å². The average Bonchev–Trinajstić information content (AvgIpc) is 2.39. The summed E-state index contributed by atoms with van der Waals surface area (Å²) in [6.45, 7) is 3.68. The van der Waals surface area contributed by atoms with E-state index in [4.69, 9.17) is 10.2 Å². The van der Waals surface area contributed by atoms with E-state index < -0.39 is 16.0 Å². The predicted octanol–water partition coefficient (Wildman–Crippen LogP) is 1.09. The van der Waals surface area contributed by atoms with Crippen molar-refractivity contribution in [2.75, 3.05) is 19.7 Å². The molecule has 6 nitrogen and oxygen atoms in total. The van der Waals surface area contributed by atoms with Crippen LogP contribution < -0.4 is 0 Å². The minimum Gasteiger partial charge on any atom is -0.478 e. The van der Waals surface area contributed by atoms with Crippen molar-refractivity contribution >= 4 is 16.0 Å². The molecule has 0 unspecified atom stereocenters. The summed E-state index contributed by atoms with van der Waals surface area (Å²) in [4.78, 5) is 11.0. The highest BCUT2D eigenvalue weighted by molar-refractivity contribution is 7.89. The molecule has 0 radical (unpaired) electrons. The van der Waals surface area contributed by atoms with Crippen LogP contribution in [-0.2, 0) is 10.0 Å². The van der Waals surface area contributed by atoms with E-state index in [0.717, 1.165) is 0 Å². The lowest BCUT2D eigenvalue weighted by atomic mass is 10.1. The number of hydrogen-bond donors (Lipinski definition) is 2. The standard InChI is InChI=1S/C13H19NO5S/c1-3-14(7-4-8-15)20(18,19)11-6-5-10(2)12(9-11)13(16)17/h5-6,9,15H,3-4,7-8H2,1-2H3,(H,16,17). The number of sulfonamides is 1. The molecule has 1 aromatic rings. The van der Waals surface area contributed by atoms with Crippen LogP contribution in [0.1, 0.15) is 29.3 Å². The van der Waals surface area contributed by atoms with Crippen LogP contribution in [0.4, 0.5) is 0 Å². The molecule has 0 saturated carbocycles. The Balaban J connectivity index is 3.20. The van der Waals surface area contributed by atoms with E-state index in [0.29, 0.717) is 12.0 Å². The molecule has 1 aromatic carbocycles. The van der Waals surface area contributed by atoms with Crippen LogP contribution in [0, 0.1) is 6.92 Å². The number of carboxylic acids is 1. The van der Waals surface area contributed by atoms with Crippen molar-refractivity contribution in [3.63, 3.8) is 0 Å². The lowest BCUT2D eigenvalue weighted by Crippen LogP contribution is -2.32. The zero-order valence-corrected chi connectivity index (χ0v) is 12.4. The third-order valence-corrected chi connectivity index (χ3v) is 4.97. The number of carboxylic acid groups (broad SMARTS) is 1. The van der Waals surface area contributed by atoms with Gasteiger partial charge in [-0.25, -0.2) is 13.2 Å². The van der Waals surface area contributed by atoms with Crippen LogP contribution in [-0.4, -0.2) is 48.6 Å². The van der Waals surface area contributed by atoms with Gasteiger partial charge in [-0.3, -0.25) is 0 Å². The lowest BCUT2D eigenvalue weighted by Gasteiger charge is -2.20. The summed E-state index contributed by atoms with van der Waals surface area (Å²) < 4.78 is 26.0. The predicted molar refractivity (Wildman–Crippen MR) is 74.3 cm³/mol. The van der Waals surface area contributed by atoms with Gasteiger partial charge in [-0.15, -0.1) is 0 Å². The highest BCUT2D eigenvalue weighted by atomic mass is 32.2. The molecule has 1 rings (SSSR count). The average molecular weight is 301 g/mol. The van der Waals surface area contributed by atoms with Gasteiger partial charge in [0, 0.05) is 19.7 Å². The van der Waals surface area contributed by atoms with Crippen molar-refractivity contribution in [1.82, 2.24) is 4.31 Å². The summed E-state index contributed by atoms with van der Waals surface area (Å²) in [5.74, 6) is -1.15. The fraction of sp³-hybridized carbons (Fsp3) is 0.462. The number of carbonyl (C=O) groups is 1. The van der Waals surface area contributed by atoms with Crippen LogP contribution >= 0.6 is 0 Å². The Morgan fingerprint density at radius 3 is 2.50 bits per heavy atom. The van der Waals surface area contributed by atoms with Gasteiger partial charge in [-0.1, -0.05) is 13.0 Å². The topological polar surface area (TPSA) is 94.9 Å². The van der Waals surface area contributed by atoms with E-state index in [-0.39, 0.29) is 30.2 Å². The van der Waals surface area contributed by atoms with Crippen LogP contribution in [0.5, 0.6) is 0 Å². The van der Waals surface area contributed by atoms with Crippen molar-refractivity contribution in [1.29, 1.82) is 0 Å². The van der Waals surface area contributed by atoms with E-state index in [2.05, 4.69) is 0 Å². The Morgan fingerprint density at radius 2 is 2.00 bits per heavy atom. The van der Waals surface area contributed by atoms with Gasteiger partial charge in [-0.05, 0) is 31.0 Å². The molecule has 0 aromatic heterocycles. The Hall–Kier alpha value is -1.44. The number of aliphatic hydroxyl groups excluding tert-OH is 1. The fourth-order valence-electron chi connectivity index (χ4n) is 1.84. The molecule has 0 atom stereocenters.